The molecule has 0 aromatic carbocycles. The third kappa shape index (κ3) is 13.9. The van der Waals surface area contributed by atoms with Crippen LogP contribution in [0.25, 0.3) is 0 Å². The number of carbonyl (C=O) groups is 2. The van der Waals surface area contributed by atoms with Crippen molar-refractivity contribution in [3.05, 3.63) is 0 Å². The van der Waals surface area contributed by atoms with Crippen LogP contribution < -0.4 is 5.32 Å². The molecule has 0 saturated heterocycles. The summed E-state index contributed by atoms with van der Waals surface area (Å²) in [5, 5.41) is 35.4. The van der Waals surface area contributed by atoms with Crippen molar-refractivity contribution in [1.82, 2.24) is 10.2 Å². The van der Waals surface area contributed by atoms with Crippen molar-refractivity contribution in [1.29, 1.82) is 0 Å². The van der Waals surface area contributed by atoms with E-state index in [9.17, 15) is 24.9 Å². The molecule has 8 heteroatoms. The van der Waals surface area contributed by atoms with Crippen molar-refractivity contribution < 1.29 is 29.6 Å². The van der Waals surface area contributed by atoms with Gasteiger partial charge in [-0.3, -0.25) is 9.59 Å². The minimum absolute atomic E-state index is 0.0399. The Balaban J connectivity index is 1.03. The van der Waals surface area contributed by atoms with Gasteiger partial charge in [-0.05, 0) is 149 Å². The van der Waals surface area contributed by atoms with Gasteiger partial charge in [0.05, 0.1) is 25.4 Å². The number of amides is 1. The first-order chi connectivity index (χ1) is 28.0. The molecule has 0 unspecified atom stereocenters. The van der Waals surface area contributed by atoms with E-state index < -0.39 is 0 Å². The highest BCUT2D eigenvalue weighted by atomic mass is 16.5. The first-order valence-electron chi connectivity index (χ1n) is 25.1. The third-order valence-electron chi connectivity index (χ3n) is 16.7. The maximum absolute atomic E-state index is 12.9. The van der Waals surface area contributed by atoms with E-state index in [0.29, 0.717) is 60.9 Å². The van der Waals surface area contributed by atoms with Gasteiger partial charge in [0, 0.05) is 25.9 Å². The highest BCUT2D eigenvalue weighted by Gasteiger charge is 2.64. The number of esters is 1. The molecule has 0 aliphatic heterocycles. The fourth-order valence-corrected chi connectivity index (χ4v) is 13.4. The van der Waals surface area contributed by atoms with Crippen LogP contribution in [0.2, 0.25) is 0 Å². The number of unbranched alkanes of at least 4 members (excludes halogenated alkanes) is 12. The topological polar surface area (TPSA) is 119 Å². The van der Waals surface area contributed by atoms with Crippen LogP contribution in [-0.2, 0) is 14.3 Å². The second kappa shape index (κ2) is 25.7. The summed E-state index contributed by atoms with van der Waals surface area (Å²) in [5.41, 5.74) is 0.478. The number of fused-ring (bicyclic) bond motifs is 5. The number of nitrogens with zero attached hydrogens (tertiary/aromatic N) is 1. The average Bonchev–Trinajstić information content (AvgIpc) is 3.56. The lowest BCUT2D eigenvalue weighted by atomic mass is 9.41. The van der Waals surface area contributed by atoms with Gasteiger partial charge in [0.25, 0.3) is 0 Å². The summed E-state index contributed by atoms with van der Waals surface area (Å²) in [6, 6.07) is 0. The number of aliphatic hydroxyl groups is 3. The molecule has 4 saturated carbocycles. The number of hydrogen-bond acceptors (Lipinski definition) is 7. The van der Waals surface area contributed by atoms with Crippen molar-refractivity contribution in [2.45, 2.75) is 214 Å². The largest absolute Gasteiger partial charge is 0.466 e. The summed E-state index contributed by atoms with van der Waals surface area (Å²) in [6.07, 6.45) is 27.5. The van der Waals surface area contributed by atoms with Crippen molar-refractivity contribution in [2.75, 3.05) is 39.4 Å². The monoisotopic (exact) mass is 817 g/mol. The van der Waals surface area contributed by atoms with Gasteiger partial charge in [0.2, 0.25) is 5.91 Å². The standard InChI is InChI=1S/C50H92N2O6/c1-6-8-9-10-11-12-17-22-46(56)58-36-21-16-15-20-33-52(34-35-53)32-19-14-13-18-31-51-45(55)26-23-38(3)41-24-25-42-47-43(28-30-49(41,42)4)50(5)29-27-39(54)37-44(50)40(7-2)48(47)57/h38-44,47-48,53-54,57H,6-37H2,1-5H3,(H,51,55)/t38-,39-,40-,41-,42+,43+,44+,47+,48-,49-,50-/m1/s1. The molecule has 0 radical (unpaired) electrons. The SMILES string of the molecule is CCCCCCCCCC(=O)OCCCCCCN(CCO)CCCCCCNC(=O)CC[C@@H](C)[C@H]1CC[C@H]2[C@@H]3[C@H](O)[C@H](CC)[C@@H]4C[C@H](O)CC[C@]4(C)[C@H]3CC[C@]12C. The predicted molar refractivity (Wildman–Crippen MR) is 237 cm³/mol. The van der Waals surface area contributed by atoms with Crippen LogP contribution in [0.5, 0.6) is 0 Å². The predicted octanol–water partition coefficient (Wildman–Crippen LogP) is 10.2. The van der Waals surface area contributed by atoms with Crippen LogP contribution in [0.15, 0.2) is 0 Å². The van der Waals surface area contributed by atoms with Gasteiger partial charge < -0.3 is 30.3 Å². The summed E-state index contributed by atoms with van der Waals surface area (Å²) in [6.45, 7) is 16.1. The Morgan fingerprint density at radius 3 is 2.09 bits per heavy atom. The van der Waals surface area contributed by atoms with Crippen LogP contribution in [0, 0.1) is 52.3 Å². The fourth-order valence-electron chi connectivity index (χ4n) is 13.4. The molecule has 4 aliphatic carbocycles. The molecule has 338 valence electrons. The van der Waals surface area contributed by atoms with Gasteiger partial charge in [-0.1, -0.05) is 105 Å². The Hall–Kier alpha value is -1.22. The van der Waals surface area contributed by atoms with Crippen molar-refractivity contribution in [3.63, 3.8) is 0 Å². The number of carbonyl (C=O) groups excluding carboxylic acids is 2. The van der Waals surface area contributed by atoms with Crippen LogP contribution in [0.4, 0.5) is 0 Å². The van der Waals surface area contributed by atoms with Crippen molar-refractivity contribution >= 4 is 11.9 Å². The molecule has 1 amide bonds. The molecule has 4 aliphatic rings. The molecular formula is C50H92N2O6. The molecule has 0 aromatic heterocycles. The number of nitrogens with one attached hydrogen (secondary N) is 1. The van der Waals surface area contributed by atoms with Crippen LogP contribution >= 0.6 is 0 Å². The summed E-state index contributed by atoms with van der Waals surface area (Å²) < 4.78 is 5.44. The average molecular weight is 817 g/mol. The number of ether oxygens (including phenoxy) is 1. The van der Waals surface area contributed by atoms with Gasteiger partial charge in [-0.25, -0.2) is 0 Å². The zero-order chi connectivity index (χ0) is 42.0. The highest BCUT2D eigenvalue weighted by Crippen LogP contribution is 2.69. The van der Waals surface area contributed by atoms with E-state index in [2.05, 4.69) is 44.8 Å². The highest BCUT2D eigenvalue weighted by molar-refractivity contribution is 5.75. The second-order valence-corrected chi connectivity index (χ2v) is 20.5. The maximum atomic E-state index is 12.9. The minimum atomic E-state index is -0.252. The molecule has 4 N–H and O–H groups in total. The zero-order valence-electron chi connectivity index (χ0n) is 38.3. The van der Waals surface area contributed by atoms with E-state index in [0.717, 1.165) is 122 Å². The summed E-state index contributed by atoms with van der Waals surface area (Å²) in [4.78, 5) is 27.3. The summed E-state index contributed by atoms with van der Waals surface area (Å²) >= 11 is 0. The van der Waals surface area contributed by atoms with E-state index in [-0.39, 0.29) is 41.5 Å². The van der Waals surface area contributed by atoms with Crippen molar-refractivity contribution in [2.24, 2.45) is 52.3 Å². The maximum Gasteiger partial charge on any atom is 0.305 e. The van der Waals surface area contributed by atoms with E-state index in [4.69, 9.17) is 4.74 Å². The van der Waals surface area contributed by atoms with E-state index in [1.54, 1.807) is 0 Å². The van der Waals surface area contributed by atoms with E-state index >= 15 is 0 Å². The van der Waals surface area contributed by atoms with Crippen LogP contribution in [-0.4, -0.2) is 83.7 Å². The molecule has 4 rings (SSSR count). The molecule has 58 heavy (non-hydrogen) atoms. The Bertz CT molecular complexity index is 1170. The van der Waals surface area contributed by atoms with Crippen molar-refractivity contribution in [3.8, 4) is 0 Å². The van der Waals surface area contributed by atoms with Gasteiger partial charge in [0.15, 0.2) is 0 Å². The van der Waals surface area contributed by atoms with E-state index in [1.165, 1.54) is 57.8 Å². The first-order valence-corrected chi connectivity index (χ1v) is 25.1. The molecule has 11 atom stereocenters. The molecule has 0 heterocycles. The molecule has 0 bridgehead atoms. The minimum Gasteiger partial charge on any atom is -0.466 e. The normalized spacial score (nSPS) is 32.4. The summed E-state index contributed by atoms with van der Waals surface area (Å²) in [5.74, 6) is 3.51. The van der Waals surface area contributed by atoms with Gasteiger partial charge in [0.1, 0.15) is 0 Å². The number of rotatable bonds is 29. The molecular weight excluding hydrogens is 725 g/mol. The van der Waals surface area contributed by atoms with Gasteiger partial charge in [-0.2, -0.15) is 0 Å². The Labute approximate surface area is 356 Å². The Morgan fingerprint density at radius 1 is 0.741 bits per heavy atom. The lowest BCUT2D eigenvalue weighted by molar-refractivity contribution is -0.203. The van der Waals surface area contributed by atoms with E-state index in [1.807, 2.05) is 0 Å². The third-order valence-corrected chi connectivity index (χ3v) is 16.7. The van der Waals surface area contributed by atoms with Crippen LogP contribution in [0.1, 0.15) is 202 Å². The number of hydrogen-bond donors (Lipinski definition) is 4. The quantitative estimate of drug-likeness (QED) is 0.0438. The Morgan fingerprint density at radius 2 is 1.38 bits per heavy atom. The fraction of sp³-hybridized carbons (Fsp3) is 0.960. The zero-order valence-corrected chi connectivity index (χ0v) is 38.3. The lowest BCUT2D eigenvalue weighted by Crippen LogP contribution is -2.62. The molecule has 0 spiro atoms. The van der Waals surface area contributed by atoms with Gasteiger partial charge >= 0.3 is 5.97 Å². The molecule has 4 fully saturated rings. The summed E-state index contributed by atoms with van der Waals surface area (Å²) in [7, 11) is 0. The molecule has 0 aromatic rings. The molecule has 8 nitrogen and oxygen atoms in total. The second-order valence-electron chi connectivity index (χ2n) is 20.5. The smallest absolute Gasteiger partial charge is 0.305 e. The number of aliphatic hydroxyl groups excluding tert-OH is 3. The van der Waals surface area contributed by atoms with Gasteiger partial charge in [-0.15, -0.1) is 0 Å². The first kappa shape index (κ1) is 49.4. The Kier molecular flexibility index (Phi) is 21.9. The van der Waals surface area contributed by atoms with Crippen LogP contribution in [0.3, 0.4) is 0 Å². The lowest BCUT2D eigenvalue weighted by Gasteiger charge is -2.64.